The highest BCUT2D eigenvalue weighted by atomic mass is 16.5. The van der Waals surface area contributed by atoms with Crippen molar-refractivity contribution in [2.24, 2.45) is 5.92 Å². The maximum Gasteiger partial charge on any atom is 0.308 e. The fourth-order valence-corrected chi connectivity index (χ4v) is 1.87. The summed E-state index contributed by atoms with van der Waals surface area (Å²) in [5.41, 5.74) is 2.04. The van der Waals surface area contributed by atoms with E-state index in [9.17, 15) is 4.79 Å². The first-order valence-corrected chi connectivity index (χ1v) is 5.91. The molecule has 0 N–H and O–H groups in total. The number of methoxy groups -OCH3 is 1. The van der Waals surface area contributed by atoms with E-state index in [1.165, 1.54) is 7.11 Å². The SMILES string of the molecule is COC(=O)C(C)Cc1coc(-c2ccccc2)c1. The summed E-state index contributed by atoms with van der Waals surface area (Å²) in [6.45, 7) is 1.85. The molecule has 0 amide bonds. The van der Waals surface area contributed by atoms with Crippen LogP contribution in [0.3, 0.4) is 0 Å². The fraction of sp³-hybridized carbons (Fsp3) is 0.267. The van der Waals surface area contributed by atoms with Gasteiger partial charge in [0.25, 0.3) is 0 Å². The van der Waals surface area contributed by atoms with Crippen molar-refractivity contribution in [1.82, 2.24) is 0 Å². The normalized spacial score (nSPS) is 12.1. The lowest BCUT2D eigenvalue weighted by Gasteiger charge is -2.06. The van der Waals surface area contributed by atoms with E-state index in [2.05, 4.69) is 0 Å². The number of ether oxygens (including phenoxy) is 1. The Morgan fingerprint density at radius 2 is 2.06 bits per heavy atom. The van der Waals surface area contributed by atoms with Crippen LogP contribution in [0.25, 0.3) is 11.3 Å². The number of benzene rings is 1. The minimum Gasteiger partial charge on any atom is -0.469 e. The highest BCUT2D eigenvalue weighted by molar-refractivity contribution is 5.72. The van der Waals surface area contributed by atoms with Crippen LogP contribution in [0.2, 0.25) is 0 Å². The van der Waals surface area contributed by atoms with E-state index >= 15 is 0 Å². The molecule has 0 saturated carbocycles. The molecular weight excluding hydrogens is 228 g/mol. The van der Waals surface area contributed by atoms with Crippen molar-refractivity contribution in [1.29, 1.82) is 0 Å². The number of carbonyl (C=O) groups is 1. The summed E-state index contributed by atoms with van der Waals surface area (Å²) >= 11 is 0. The molecule has 1 aromatic heterocycles. The Morgan fingerprint density at radius 3 is 2.72 bits per heavy atom. The van der Waals surface area contributed by atoms with E-state index < -0.39 is 0 Å². The van der Waals surface area contributed by atoms with Gasteiger partial charge in [-0.15, -0.1) is 0 Å². The maximum atomic E-state index is 11.3. The second kappa shape index (κ2) is 5.54. The van der Waals surface area contributed by atoms with Gasteiger partial charge in [0.05, 0.1) is 19.3 Å². The summed E-state index contributed by atoms with van der Waals surface area (Å²) < 4.78 is 10.2. The van der Waals surface area contributed by atoms with Crippen LogP contribution >= 0.6 is 0 Å². The van der Waals surface area contributed by atoms with E-state index in [0.717, 1.165) is 16.9 Å². The summed E-state index contributed by atoms with van der Waals surface area (Å²) in [6.07, 6.45) is 2.32. The van der Waals surface area contributed by atoms with Crippen LogP contribution in [0, 0.1) is 5.92 Å². The highest BCUT2D eigenvalue weighted by Gasteiger charge is 2.15. The number of esters is 1. The lowest BCUT2D eigenvalue weighted by molar-refractivity contribution is -0.144. The Bertz CT molecular complexity index is 514. The molecule has 18 heavy (non-hydrogen) atoms. The monoisotopic (exact) mass is 244 g/mol. The van der Waals surface area contributed by atoms with Gasteiger partial charge in [0.15, 0.2) is 0 Å². The minimum atomic E-state index is -0.197. The number of carbonyl (C=O) groups excluding carboxylic acids is 1. The van der Waals surface area contributed by atoms with Gasteiger partial charge >= 0.3 is 5.97 Å². The summed E-state index contributed by atoms with van der Waals surface area (Å²) in [5, 5.41) is 0. The molecule has 0 aliphatic rings. The summed E-state index contributed by atoms with van der Waals surface area (Å²) in [4.78, 5) is 11.3. The second-order valence-corrected chi connectivity index (χ2v) is 4.31. The molecule has 2 rings (SSSR count). The van der Waals surface area contributed by atoms with E-state index in [4.69, 9.17) is 9.15 Å². The Hall–Kier alpha value is -2.03. The molecule has 0 bridgehead atoms. The molecule has 3 heteroatoms. The Balaban J connectivity index is 2.09. The molecule has 0 radical (unpaired) electrons. The molecule has 94 valence electrons. The number of hydrogen-bond donors (Lipinski definition) is 0. The Morgan fingerprint density at radius 1 is 1.33 bits per heavy atom. The average Bonchev–Trinajstić information content (AvgIpc) is 2.87. The number of furan rings is 1. The fourth-order valence-electron chi connectivity index (χ4n) is 1.87. The van der Waals surface area contributed by atoms with Crippen LogP contribution in [0.1, 0.15) is 12.5 Å². The van der Waals surface area contributed by atoms with E-state index in [1.807, 2.05) is 43.3 Å². The van der Waals surface area contributed by atoms with Crippen molar-refractivity contribution < 1.29 is 13.9 Å². The van der Waals surface area contributed by atoms with Crippen molar-refractivity contribution in [3.63, 3.8) is 0 Å². The zero-order valence-electron chi connectivity index (χ0n) is 10.6. The van der Waals surface area contributed by atoms with Gasteiger partial charge in [-0.2, -0.15) is 0 Å². The topological polar surface area (TPSA) is 39.4 Å². The molecular formula is C15H16O3. The first kappa shape index (κ1) is 12.4. The van der Waals surface area contributed by atoms with Gasteiger partial charge < -0.3 is 9.15 Å². The molecule has 2 aromatic rings. The van der Waals surface area contributed by atoms with Crippen LogP contribution in [-0.4, -0.2) is 13.1 Å². The average molecular weight is 244 g/mol. The van der Waals surface area contributed by atoms with Crippen molar-refractivity contribution in [3.8, 4) is 11.3 Å². The van der Waals surface area contributed by atoms with Gasteiger partial charge in [-0.1, -0.05) is 37.3 Å². The predicted molar refractivity (Wildman–Crippen MR) is 69.0 cm³/mol. The zero-order chi connectivity index (χ0) is 13.0. The molecule has 0 saturated heterocycles. The highest BCUT2D eigenvalue weighted by Crippen LogP contribution is 2.23. The molecule has 0 fully saturated rings. The molecule has 1 heterocycles. The van der Waals surface area contributed by atoms with Gasteiger partial charge in [-0.05, 0) is 18.1 Å². The molecule has 0 aliphatic heterocycles. The van der Waals surface area contributed by atoms with E-state index in [0.29, 0.717) is 6.42 Å². The summed E-state index contributed by atoms with van der Waals surface area (Å²) in [6, 6.07) is 11.9. The minimum absolute atomic E-state index is 0.156. The third-order valence-electron chi connectivity index (χ3n) is 2.86. The number of rotatable bonds is 4. The standard InChI is InChI=1S/C15H16O3/c1-11(15(16)17-2)8-12-9-14(18-10-12)13-6-4-3-5-7-13/h3-7,9-11H,8H2,1-2H3. The van der Waals surface area contributed by atoms with Gasteiger partial charge in [-0.3, -0.25) is 4.79 Å². The molecule has 3 nitrogen and oxygen atoms in total. The van der Waals surface area contributed by atoms with Crippen molar-refractivity contribution in [2.45, 2.75) is 13.3 Å². The van der Waals surface area contributed by atoms with Crippen LogP contribution in [0.5, 0.6) is 0 Å². The molecule has 1 aromatic carbocycles. The third kappa shape index (κ3) is 2.80. The first-order valence-electron chi connectivity index (χ1n) is 5.91. The molecule has 0 spiro atoms. The van der Waals surface area contributed by atoms with E-state index in [-0.39, 0.29) is 11.9 Å². The smallest absolute Gasteiger partial charge is 0.308 e. The lowest BCUT2D eigenvalue weighted by atomic mass is 10.0. The molecule has 0 aliphatic carbocycles. The second-order valence-electron chi connectivity index (χ2n) is 4.31. The van der Waals surface area contributed by atoms with Gasteiger partial charge in [0.2, 0.25) is 0 Å². The van der Waals surface area contributed by atoms with Gasteiger partial charge in [-0.25, -0.2) is 0 Å². The van der Waals surface area contributed by atoms with Crippen molar-refractivity contribution in [3.05, 3.63) is 48.2 Å². The van der Waals surface area contributed by atoms with E-state index in [1.54, 1.807) is 6.26 Å². The summed E-state index contributed by atoms with van der Waals surface area (Å²) in [7, 11) is 1.41. The van der Waals surface area contributed by atoms with Crippen LogP contribution < -0.4 is 0 Å². The maximum absolute atomic E-state index is 11.3. The zero-order valence-corrected chi connectivity index (χ0v) is 10.6. The lowest BCUT2D eigenvalue weighted by Crippen LogP contribution is -2.14. The predicted octanol–water partition coefficient (Wildman–Crippen LogP) is 3.30. The molecule has 1 atom stereocenters. The molecule has 1 unspecified atom stereocenters. The van der Waals surface area contributed by atoms with Crippen molar-refractivity contribution in [2.75, 3.05) is 7.11 Å². The quantitative estimate of drug-likeness (QED) is 0.775. The Kier molecular flexibility index (Phi) is 3.82. The Labute approximate surface area is 106 Å². The largest absolute Gasteiger partial charge is 0.469 e. The first-order chi connectivity index (χ1) is 8.70. The van der Waals surface area contributed by atoms with Crippen LogP contribution in [0.15, 0.2) is 47.1 Å². The van der Waals surface area contributed by atoms with Gasteiger partial charge in [0, 0.05) is 5.56 Å². The van der Waals surface area contributed by atoms with Crippen LogP contribution in [-0.2, 0) is 16.0 Å². The third-order valence-corrected chi connectivity index (χ3v) is 2.86. The summed E-state index contributed by atoms with van der Waals surface area (Å²) in [5.74, 6) is 0.469. The number of hydrogen-bond acceptors (Lipinski definition) is 3. The van der Waals surface area contributed by atoms with Crippen molar-refractivity contribution >= 4 is 5.97 Å². The van der Waals surface area contributed by atoms with Gasteiger partial charge in [0.1, 0.15) is 5.76 Å². The van der Waals surface area contributed by atoms with Crippen LogP contribution in [0.4, 0.5) is 0 Å².